The molecule has 1 aliphatic carbocycles. The lowest BCUT2D eigenvalue weighted by molar-refractivity contribution is -0.122. The van der Waals surface area contributed by atoms with Gasteiger partial charge in [0.05, 0.1) is 6.04 Å². The van der Waals surface area contributed by atoms with E-state index in [9.17, 15) is 8.78 Å². The second-order valence-corrected chi connectivity index (χ2v) is 3.98. The highest BCUT2D eigenvalue weighted by Gasteiger charge is 2.35. The van der Waals surface area contributed by atoms with Crippen molar-refractivity contribution in [1.82, 2.24) is 5.06 Å². The minimum atomic E-state index is -1.22. The van der Waals surface area contributed by atoms with Gasteiger partial charge in [0.2, 0.25) is 0 Å². The number of hydrogen-bond donors (Lipinski definition) is 0. The fourth-order valence-corrected chi connectivity index (χ4v) is 2.05. The minimum Gasteiger partial charge on any atom is -0.282 e. The number of allylic oxidation sites excluding steroid dienone is 2. The van der Waals surface area contributed by atoms with Crippen molar-refractivity contribution in [1.29, 1.82) is 0 Å². The molecule has 0 aromatic rings. The lowest BCUT2D eigenvalue weighted by atomic mass is 9.95. The van der Waals surface area contributed by atoms with Crippen molar-refractivity contribution in [2.45, 2.75) is 31.2 Å². The van der Waals surface area contributed by atoms with Gasteiger partial charge in [-0.05, 0) is 6.08 Å². The third-order valence-corrected chi connectivity index (χ3v) is 2.88. The van der Waals surface area contributed by atoms with Crippen molar-refractivity contribution in [2.75, 3.05) is 7.05 Å². The van der Waals surface area contributed by atoms with Crippen molar-refractivity contribution < 1.29 is 13.6 Å². The van der Waals surface area contributed by atoms with E-state index < -0.39 is 12.0 Å². The number of terminal acetylenes is 1. The molecule has 16 heavy (non-hydrogen) atoms. The third-order valence-electron chi connectivity index (χ3n) is 2.88. The lowest BCUT2D eigenvalue weighted by Gasteiger charge is -2.22. The maximum absolute atomic E-state index is 13.6. The Balaban J connectivity index is 2.15. The fourth-order valence-electron chi connectivity index (χ4n) is 2.05. The van der Waals surface area contributed by atoms with Gasteiger partial charge in [0, 0.05) is 25.5 Å². The van der Waals surface area contributed by atoms with Gasteiger partial charge in [-0.2, -0.15) is 5.06 Å². The molecule has 2 aliphatic rings. The molecule has 2 rings (SSSR count). The van der Waals surface area contributed by atoms with Gasteiger partial charge in [-0.15, -0.1) is 6.42 Å². The summed E-state index contributed by atoms with van der Waals surface area (Å²) in [5.74, 6) is 1.98. The van der Waals surface area contributed by atoms with Crippen LogP contribution in [0.3, 0.4) is 0 Å². The smallest absolute Gasteiger partial charge is 0.141 e. The lowest BCUT2D eigenvalue weighted by Crippen LogP contribution is -2.27. The summed E-state index contributed by atoms with van der Waals surface area (Å²) in [6, 6.07) is -0.218. The number of hydrogen-bond acceptors (Lipinski definition) is 2. The molecule has 0 amide bonds. The van der Waals surface area contributed by atoms with Crippen molar-refractivity contribution in [2.24, 2.45) is 0 Å². The van der Waals surface area contributed by atoms with Gasteiger partial charge in [0.1, 0.15) is 18.1 Å². The normalized spacial score (nSPS) is 35.5. The Hall–Kier alpha value is -1.18. The van der Waals surface area contributed by atoms with E-state index in [1.54, 1.807) is 18.2 Å². The monoisotopic (exact) mass is 225 g/mol. The van der Waals surface area contributed by atoms with Crippen LogP contribution in [-0.4, -0.2) is 30.4 Å². The molecule has 86 valence electrons. The largest absolute Gasteiger partial charge is 0.282 e. The Morgan fingerprint density at radius 3 is 2.94 bits per heavy atom. The Labute approximate surface area is 93.5 Å². The van der Waals surface area contributed by atoms with Crippen LogP contribution in [0.15, 0.2) is 23.6 Å². The molecule has 0 radical (unpaired) electrons. The third kappa shape index (κ3) is 2.01. The summed E-state index contributed by atoms with van der Waals surface area (Å²) in [6.07, 6.45) is 7.05. The van der Waals surface area contributed by atoms with E-state index in [0.29, 0.717) is 12.0 Å². The highest BCUT2D eigenvalue weighted by atomic mass is 19.1. The van der Waals surface area contributed by atoms with Crippen LogP contribution in [0.5, 0.6) is 0 Å². The summed E-state index contributed by atoms with van der Waals surface area (Å²) < 4.78 is 26.5. The van der Waals surface area contributed by atoms with Crippen LogP contribution < -0.4 is 0 Å². The van der Waals surface area contributed by atoms with Gasteiger partial charge >= 0.3 is 0 Å². The summed E-state index contributed by atoms with van der Waals surface area (Å²) in [5.41, 5.74) is 0.481. The molecule has 4 heteroatoms. The van der Waals surface area contributed by atoms with E-state index in [4.69, 9.17) is 11.3 Å². The van der Waals surface area contributed by atoms with E-state index in [1.807, 2.05) is 0 Å². The average Bonchev–Trinajstić information content (AvgIpc) is 2.60. The van der Waals surface area contributed by atoms with Crippen LogP contribution in [0.2, 0.25) is 0 Å². The van der Waals surface area contributed by atoms with Gasteiger partial charge in [-0.25, -0.2) is 8.78 Å². The number of halogens is 2. The Morgan fingerprint density at radius 2 is 2.38 bits per heavy atom. The SMILES string of the molecule is C#CC1CC(C2=CCC(F)C=C2F)N(C)O1. The second kappa shape index (κ2) is 4.36. The first-order chi connectivity index (χ1) is 7.61. The maximum atomic E-state index is 13.6. The van der Waals surface area contributed by atoms with Gasteiger partial charge in [-0.3, -0.25) is 4.84 Å². The summed E-state index contributed by atoms with van der Waals surface area (Å²) in [4.78, 5) is 5.32. The molecule has 1 fully saturated rings. The van der Waals surface area contributed by atoms with Crippen LogP contribution in [0.25, 0.3) is 0 Å². The molecule has 0 saturated carbocycles. The summed E-state index contributed by atoms with van der Waals surface area (Å²) in [7, 11) is 1.71. The van der Waals surface area contributed by atoms with Crippen molar-refractivity contribution in [3.05, 3.63) is 23.6 Å². The molecule has 2 nitrogen and oxygen atoms in total. The minimum absolute atomic E-state index is 0.216. The van der Waals surface area contributed by atoms with Crippen molar-refractivity contribution in [3.63, 3.8) is 0 Å². The molecule has 0 aromatic heterocycles. The van der Waals surface area contributed by atoms with Crippen LogP contribution in [-0.2, 0) is 4.84 Å². The average molecular weight is 225 g/mol. The van der Waals surface area contributed by atoms with E-state index in [2.05, 4.69) is 5.92 Å². The molecule has 0 bridgehead atoms. The zero-order valence-corrected chi connectivity index (χ0v) is 8.99. The molecule has 0 spiro atoms. The fraction of sp³-hybridized carbons (Fsp3) is 0.500. The van der Waals surface area contributed by atoms with Gasteiger partial charge in [0.25, 0.3) is 0 Å². The summed E-state index contributed by atoms with van der Waals surface area (Å²) in [6.45, 7) is 0. The molecule has 1 saturated heterocycles. The molecular weight excluding hydrogens is 212 g/mol. The first kappa shape index (κ1) is 11.3. The zero-order valence-electron chi connectivity index (χ0n) is 8.99. The number of nitrogens with zero attached hydrogens (tertiary/aromatic N) is 1. The Morgan fingerprint density at radius 1 is 1.62 bits per heavy atom. The topological polar surface area (TPSA) is 12.5 Å². The number of hydroxylamine groups is 2. The van der Waals surface area contributed by atoms with Gasteiger partial charge in [-0.1, -0.05) is 12.0 Å². The standard InChI is InChI=1S/C12H13F2NO/c1-3-9-7-12(15(2)16-9)10-5-4-8(13)6-11(10)14/h1,5-6,8-9,12H,4,7H2,2H3. The first-order valence-electron chi connectivity index (χ1n) is 5.19. The Bertz CT molecular complexity index is 383. The van der Waals surface area contributed by atoms with E-state index >= 15 is 0 Å². The van der Waals surface area contributed by atoms with Crippen LogP contribution in [0.1, 0.15) is 12.8 Å². The van der Waals surface area contributed by atoms with Crippen molar-refractivity contribution >= 4 is 0 Å². The summed E-state index contributed by atoms with van der Waals surface area (Å²) >= 11 is 0. The molecule has 1 aliphatic heterocycles. The predicted octanol–water partition coefficient (Wildman–Crippen LogP) is 2.15. The molecule has 0 aromatic carbocycles. The number of rotatable bonds is 1. The highest BCUT2D eigenvalue weighted by Crippen LogP contribution is 2.32. The van der Waals surface area contributed by atoms with Gasteiger partial charge in [0.15, 0.2) is 0 Å². The molecule has 3 atom stereocenters. The van der Waals surface area contributed by atoms with Crippen LogP contribution >= 0.6 is 0 Å². The molecular formula is C12H13F2NO. The van der Waals surface area contributed by atoms with Crippen molar-refractivity contribution in [3.8, 4) is 12.3 Å². The number of alkyl halides is 1. The quantitative estimate of drug-likeness (QED) is 0.634. The highest BCUT2D eigenvalue weighted by molar-refractivity contribution is 5.35. The predicted molar refractivity (Wildman–Crippen MR) is 56.7 cm³/mol. The van der Waals surface area contributed by atoms with Crippen LogP contribution in [0, 0.1) is 12.3 Å². The molecule has 0 N–H and O–H groups in total. The zero-order chi connectivity index (χ0) is 11.7. The van der Waals surface area contributed by atoms with Crippen LogP contribution in [0.4, 0.5) is 8.78 Å². The number of likely N-dealkylation sites (N-methyl/N-ethyl adjacent to an activating group) is 1. The second-order valence-electron chi connectivity index (χ2n) is 3.98. The molecule has 3 unspecified atom stereocenters. The van der Waals surface area contributed by atoms with E-state index in [0.717, 1.165) is 6.08 Å². The van der Waals surface area contributed by atoms with E-state index in [1.165, 1.54) is 0 Å². The molecule has 1 heterocycles. The Kier molecular flexibility index (Phi) is 3.08. The van der Waals surface area contributed by atoms with E-state index in [-0.39, 0.29) is 18.6 Å². The maximum Gasteiger partial charge on any atom is 0.141 e. The first-order valence-corrected chi connectivity index (χ1v) is 5.19. The van der Waals surface area contributed by atoms with Gasteiger partial charge < -0.3 is 0 Å². The summed E-state index contributed by atoms with van der Waals surface area (Å²) in [5, 5.41) is 1.54.